The summed E-state index contributed by atoms with van der Waals surface area (Å²) in [7, 11) is -0.881. The summed E-state index contributed by atoms with van der Waals surface area (Å²) in [5, 5.41) is 2.49. The molecule has 3 heteroatoms. The molecule has 0 amide bonds. The van der Waals surface area contributed by atoms with Crippen molar-refractivity contribution < 1.29 is 0 Å². The first-order valence-corrected chi connectivity index (χ1v) is 11.6. The zero-order valence-electron chi connectivity index (χ0n) is 17.0. The highest BCUT2D eigenvalue weighted by molar-refractivity contribution is 7.79. The average Bonchev–Trinajstić information content (AvgIpc) is 2.86. The van der Waals surface area contributed by atoms with Crippen LogP contribution in [0, 0.1) is 0 Å². The van der Waals surface area contributed by atoms with E-state index < -0.39 is 7.92 Å². The van der Waals surface area contributed by atoms with Gasteiger partial charge in [-0.05, 0) is 16.7 Å². The molecule has 0 saturated carbocycles. The minimum absolute atomic E-state index is 0.868. The fraction of sp³-hybridized carbons (Fsp3) is 0. The summed E-state index contributed by atoms with van der Waals surface area (Å²) >= 11 is 0. The van der Waals surface area contributed by atoms with Gasteiger partial charge in [0.1, 0.15) is 0 Å². The van der Waals surface area contributed by atoms with Gasteiger partial charge >= 0.3 is 0 Å². The van der Waals surface area contributed by atoms with Gasteiger partial charge in [0, 0.05) is 19.0 Å². The van der Waals surface area contributed by atoms with Gasteiger partial charge in [-0.15, -0.1) is 0 Å². The zero-order valence-corrected chi connectivity index (χ0v) is 17.9. The summed E-state index contributed by atoms with van der Waals surface area (Å²) in [5.74, 6) is 0. The second kappa shape index (κ2) is 9.04. The molecule has 4 aromatic carbocycles. The van der Waals surface area contributed by atoms with Crippen LogP contribution in [-0.4, -0.2) is 9.97 Å². The molecule has 5 rings (SSSR count). The summed E-state index contributed by atoms with van der Waals surface area (Å²) in [4.78, 5) is 10.2. The molecule has 0 atom stereocenters. The number of hydrogen-bond donors (Lipinski definition) is 0. The van der Waals surface area contributed by atoms with Crippen molar-refractivity contribution >= 4 is 24.1 Å². The topological polar surface area (TPSA) is 25.8 Å². The summed E-state index contributed by atoms with van der Waals surface area (Å²) in [6, 6.07) is 44.0. The van der Waals surface area contributed by atoms with Crippen molar-refractivity contribution in [3.63, 3.8) is 0 Å². The van der Waals surface area contributed by atoms with E-state index in [-0.39, 0.29) is 0 Å². The molecular weight excluding hydrogens is 395 g/mol. The minimum Gasteiger partial charge on any atom is -0.228 e. The van der Waals surface area contributed by atoms with E-state index in [0.717, 1.165) is 28.1 Å². The Morgan fingerprint density at radius 3 is 1.16 bits per heavy atom. The molecule has 0 N–H and O–H groups in total. The molecule has 1 heterocycles. The molecule has 0 unspecified atom stereocenters. The minimum atomic E-state index is -0.881. The van der Waals surface area contributed by atoms with Crippen LogP contribution in [0.1, 0.15) is 0 Å². The molecule has 5 aromatic rings. The third-order valence-corrected chi connectivity index (χ3v) is 7.31. The van der Waals surface area contributed by atoms with E-state index in [9.17, 15) is 0 Å². The van der Waals surface area contributed by atoms with Gasteiger partial charge in [0.15, 0.2) is 5.57 Å². The van der Waals surface area contributed by atoms with Gasteiger partial charge in [0.05, 0.1) is 11.4 Å². The molecule has 1 aromatic heterocycles. The smallest absolute Gasteiger partial charge is 0.160 e. The lowest BCUT2D eigenvalue weighted by Crippen LogP contribution is -2.26. The Morgan fingerprint density at radius 2 is 0.774 bits per heavy atom. The van der Waals surface area contributed by atoms with E-state index in [0.29, 0.717) is 0 Å². The SMILES string of the molecule is c1ccc(-c2cc(-c3ccccc3)nc(P(c3ccccc3)c3ccccc3)n2)cc1. The monoisotopic (exact) mass is 416 g/mol. The predicted molar refractivity (Wildman–Crippen MR) is 132 cm³/mol. The second-order valence-corrected chi connectivity index (χ2v) is 9.28. The van der Waals surface area contributed by atoms with Crippen molar-refractivity contribution in [2.45, 2.75) is 0 Å². The lowest BCUT2D eigenvalue weighted by molar-refractivity contribution is 1.24. The lowest BCUT2D eigenvalue weighted by Gasteiger charge is -2.19. The molecule has 0 aliphatic heterocycles. The Bertz CT molecular complexity index is 1160. The Hall–Kier alpha value is -3.61. The first-order valence-electron chi connectivity index (χ1n) is 10.3. The van der Waals surface area contributed by atoms with Crippen LogP contribution in [0.3, 0.4) is 0 Å². The van der Waals surface area contributed by atoms with E-state index in [1.807, 2.05) is 12.1 Å². The van der Waals surface area contributed by atoms with Crippen molar-refractivity contribution in [2.24, 2.45) is 0 Å². The summed E-state index contributed by atoms with van der Waals surface area (Å²) in [6.07, 6.45) is 0. The molecule has 0 fully saturated rings. The summed E-state index contributed by atoms with van der Waals surface area (Å²) in [5.41, 5.74) is 4.96. The van der Waals surface area contributed by atoms with Gasteiger partial charge in [-0.25, -0.2) is 9.97 Å². The third-order valence-electron chi connectivity index (χ3n) is 5.08. The molecule has 0 bridgehead atoms. The largest absolute Gasteiger partial charge is 0.228 e. The summed E-state index contributed by atoms with van der Waals surface area (Å²) in [6.45, 7) is 0. The molecule has 0 aliphatic carbocycles. The number of aromatic nitrogens is 2. The van der Waals surface area contributed by atoms with Crippen LogP contribution in [0.15, 0.2) is 127 Å². The van der Waals surface area contributed by atoms with Crippen molar-refractivity contribution in [1.82, 2.24) is 9.97 Å². The van der Waals surface area contributed by atoms with E-state index in [4.69, 9.17) is 9.97 Å². The number of benzene rings is 4. The summed E-state index contributed by atoms with van der Waals surface area (Å²) < 4.78 is 0. The molecule has 2 nitrogen and oxygen atoms in total. The fourth-order valence-electron chi connectivity index (χ4n) is 3.58. The van der Waals surface area contributed by atoms with Gasteiger partial charge in [-0.3, -0.25) is 0 Å². The van der Waals surface area contributed by atoms with Gasteiger partial charge in [0.2, 0.25) is 0 Å². The van der Waals surface area contributed by atoms with Crippen molar-refractivity contribution in [1.29, 1.82) is 0 Å². The van der Waals surface area contributed by atoms with Gasteiger partial charge in [0.25, 0.3) is 0 Å². The second-order valence-electron chi connectivity index (χ2n) is 7.18. The van der Waals surface area contributed by atoms with E-state index >= 15 is 0 Å². The van der Waals surface area contributed by atoms with Gasteiger partial charge in [-0.1, -0.05) is 121 Å². The molecule has 31 heavy (non-hydrogen) atoms. The molecule has 0 spiro atoms. The Balaban J connectivity index is 1.74. The van der Waals surface area contributed by atoms with Crippen LogP contribution in [0.25, 0.3) is 22.5 Å². The normalized spacial score (nSPS) is 10.9. The fourth-order valence-corrected chi connectivity index (χ4v) is 5.70. The number of rotatable bonds is 5. The Labute approximate surface area is 184 Å². The average molecular weight is 416 g/mol. The number of hydrogen-bond acceptors (Lipinski definition) is 2. The molecule has 148 valence electrons. The number of nitrogens with zero attached hydrogens (tertiary/aromatic N) is 2. The van der Waals surface area contributed by atoms with Crippen molar-refractivity contribution in [3.05, 3.63) is 127 Å². The highest BCUT2D eigenvalue weighted by Gasteiger charge is 2.21. The molecular formula is C28H21N2P. The molecule has 0 radical (unpaired) electrons. The van der Waals surface area contributed by atoms with E-state index in [1.165, 1.54) is 10.6 Å². The highest BCUT2D eigenvalue weighted by atomic mass is 31.1. The van der Waals surface area contributed by atoms with Crippen LogP contribution in [0.2, 0.25) is 0 Å². The Morgan fingerprint density at radius 1 is 0.419 bits per heavy atom. The maximum Gasteiger partial charge on any atom is 0.160 e. The molecule has 0 saturated heterocycles. The van der Waals surface area contributed by atoms with Crippen LogP contribution in [0.5, 0.6) is 0 Å². The molecule has 0 aliphatic rings. The zero-order chi connectivity index (χ0) is 20.9. The van der Waals surface area contributed by atoms with Crippen LogP contribution < -0.4 is 16.2 Å². The van der Waals surface area contributed by atoms with E-state index in [2.05, 4.69) is 115 Å². The maximum absolute atomic E-state index is 5.10. The van der Waals surface area contributed by atoms with Crippen molar-refractivity contribution in [2.75, 3.05) is 0 Å². The first kappa shape index (κ1) is 19.4. The van der Waals surface area contributed by atoms with Gasteiger partial charge < -0.3 is 0 Å². The maximum atomic E-state index is 5.10. The van der Waals surface area contributed by atoms with E-state index in [1.54, 1.807) is 0 Å². The standard InChI is InChI=1S/C28H21N2P/c1-5-13-22(14-6-1)26-21-27(23-15-7-2-8-16-23)30-28(29-26)31(24-17-9-3-10-18-24)25-19-11-4-12-20-25/h1-21H. The first-order chi connectivity index (χ1) is 15.4. The quantitative estimate of drug-likeness (QED) is 0.350. The van der Waals surface area contributed by atoms with Crippen molar-refractivity contribution in [3.8, 4) is 22.5 Å². The highest BCUT2D eigenvalue weighted by Crippen LogP contribution is 2.33. The van der Waals surface area contributed by atoms with Gasteiger partial charge in [-0.2, -0.15) is 0 Å². The lowest BCUT2D eigenvalue weighted by atomic mass is 10.1. The van der Waals surface area contributed by atoms with Crippen LogP contribution in [0.4, 0.5) is 0 Å². The Kier molecular flexibility index (Phi) is 5.64. The van der Waals surface area contributed by atoms with Crippen LogP contribution in [-0.2, 0) is 0 Å². The predicted octanol–water partition coefficient (Wildman–Crippen LogP) is 5.57. The van der Waals surface area contributed by atoms with Crippen LogP contribution >= 0.6 is 7.92 Å². The third kappa shape index (κ3) is 4.30.